The van der Waals surface area contributed by atoms with E-state index in [0.29, 0.717) is 0 Å². The second kappa shape index (κ2) is 5.61. The summed E-state index contributed by atoms with van der Waals surface area (Å²) in [6.45, 7) is 2.12. The molecule has 0 atom stereocenters. The number of nitrogens with one attached hydrogen (secondary N) is 1. The average molecular weight is 250 g/mol. The number of fused-ring (bicyclic) bond motifs is 2. The van der Waals surface area contributed by atoms with Gasteiger partial charge in [-0.05, 0) is 36.3 Å². The smallest absolute Gasteiger partial charge is 0.0409 e. The summed E-state index contributed by atoms with van der Waals surface area (Å²) in [5, 5.41) is 3.30. The molecule has 0 unspecified atom stereocenters. The van der Waals surface area contributed by atoms with Gasteiger partial charge in [0.1, 0.15) is 0 Å². The molecule has 0 aliphatic carbocycles. The topological polar surface area (TPSA) is 15.3 Å². The van der Waals surface area contributed by atoms with E-state index in [4.69, 9.17) is 0 Å². The van der Waals surface area contributed by atoms with Gasteiger partial charge in [-0.15, -0.1) is 0 Å². The molecule has 0 saturated carbocycles. The lowest BCUT2D eigenvalue weighted by Gasteiger charge is -2.23. The maximum atomic E-state index is 3.30. The highest BCUT2D eigenvalue weighted by Gasteiger charge is 2.06. The number of hydrogen-bond acceptors (Lipinski definition) is 2. The summed E-state index contributed by atoms with van der Waals surface area (Å²) < 4.78 is 0. The SMILES string of the molecule is C1=CCN2C=CC=CC2=C1.c1ccc2c(c1)CCN2. The van der Waals surface area contributed by atoms with Gasteiger partial charge in [-0.3, -0.25) is 0 Å². The second-order valence-electron chi connectivity index (χ2n) is 4.71. The van der Waals surface area contributed by atoms with Crippen LogP contribution >= 0.6 is 0 Å². The van der Waals surface area contributed by atoms with E-state index in [2.05, 4.69) is 77.1 Å². The quantitative estimate of drug-likeness (QED) is 0.758. The van der Waals surface area contributed by atoms with Crippen LogP contribution in [0.15, 0.2) is 72.6 Å². The molecule has 0 amide bonds. The summed E-state index contributed by atoms with van der Waals surface area (Å²) in [6, 6.07) is 8.46. The van der Waals surface area contributed by atoms with E-state index in [1.165, 1.54) is 23.4 Å². The largest absolute Gasteiger partial charge is 0.384 e. The summed E-state index contributed by atoms with van der Waals surface area (Å²) >= 11 is 0. The molecule has 96 valence electrons. The van der Waals surface area contributed by atoms with Gasteiger partial charge in [0.2, 0.25) is 0 Å². The minimum absolute atomic E-state index is 1.01. The van der Waals surface area contributed by atoms with Crippen molar-refractivity contribution in [3.63, 3.8) is 0 Å². The zero-order valence-electron chi connectivity index (χ0n) is 10.9. The van der Waals surface area contributed by atoms with Crippen LogP contribution in [0.1, 0.15) is 5.56 Å². The predicted molar refractivity (Wildman–Crippen MR) is 80.8 cm³/mol. The number of nitrogens with zero attached hydrogens (tertiary/aromatic N) is 1. The predicted octanol–water partition coefficient (Wildman–Crippen LogP) is 3.48. The third kappa shape index (κ3) is 2.79. The third-order valence-electron chi connectivity index (χ3n) is 3.41. The van der Waals surface area contributed by atoms with Gasteiger partial charge >= 0.3 is 0 Å². The van der Waals surface area contributed by atoms with E-state index >= 15 is 0 Å². The molecule has 1 aromatic carbocycles. The lowest BCUT2D eigenvalue weighted by molar-refractivity contribution is 0.523. The normalized spacial score (nSPS) is 17.9. The number of rotatable bonds is 0. The van der Waals surface area contributed by atoms with Crippen molar-refractivity contribution in [3.8, 4) is 0 Å². The molecule has 3 aliphatic heterocycles. The van der Waals surface area contributed by atoms with Gasteiger partial charge in [0.25, 0.3) is 0 Å². The van der Waals surface area contributed by atoms with Crippen LogP contribution in [0.3, 0.4) is 0 Å². The fourth-order valence-corrected chi connectivity index (χ4v) is 2.39. The number of para-hydroxylation sites is 1. The summed E-state index contributed by atoms with van der Waals surface area (Å²) in [5.74, 6) is 0. The molecular weight excluding hydrogens is 232 g/mol. The Bertz CT molecular complexity index is 541. The molecule has 0 aromatic heterocycles. The summed E-state index contributed by atoms with van der Waals surface area (Å²) in [4.78, 5) is 2.21. The molecule has 19 heavy (non-hydrogen) atoms. The third-order valence-corrected chi connectivity index (χ3v) is 3.41. The summed E-state index contributed by atoms with van der Waals surface area (Å²) in [5.41, 5.74) is 4.06. The lowest BCUT2D eigenvalue weighted by atomic mass is 10.2. The van der Waals surface area contributed by atoms with E-state index in [9.17, 15) is 0 Å². The van der Waals surface area contributed by atoms with E-state index in [1.54, 1.807) is 0 Å². The van der Waals surface area contributed by atoms with Gasteiger partial charge < -0.3 is 10.2 Å². The first kappa shape index (κ1) is 11.8. The fourth-order valence-electron chi connectivity index (χ4n) is 2.39. The van der Waals surface area contributed by atoms with Crippen molar-refractivity contribution in [2.75, 3.05) is 18.4 Å². The number of hydrogen-bond donors (Lipinski definition) is 1. The van der Waals surface area contributed by atoms with Crippen molar-refractivity contribution in [2.45, 2.75) is 6.42 Å². The number of anilines is 1. The number of allylic oxidation sites excluding steroid dienone is 5. The van der Waals surface area contributed by atoms with Gasteiger partial charge in [0.15, 0.2) is 0 Å². The van der Waals surface area contributed by atoms with Gasteiger partial charge in [0, 0.05) is 30.7 Å². The van der Waals surface area contributed by atoms with Crippen LogP contribution in [0, 0.1) is 0 Å². The molecular formula is C17H18N2. The first-order valence-electron chi connectivity index (χ1n) is 6.73. The van der Waals surface area contributed by atoms with Gasteiger partial charge in [0.05, 0.1) is 0 Å². The summed E-state index contributed by atoms with van der Waals surface area (Å²) in [6.07, 6.45) is 15.9. The molecule has 3 aliphatic rings. The Morgan fingerprint density at radius 1 is 1.05 bits per heavy atom. The van der Waals surface area contributed by atoms with Crippen LogP contribution < -0.4 is 5.32 Å². The standard InChI is InChI=1S/C9H9N.C8H9N/c1-3-7-10-8-4-2-6-9(10)5-1;1-2-4-8-7(3-1)5-6-9-8/h1-7H,8H2;1-4,9H,5-6H2. The van der Waals surface area contributed by atoms with E-state index < -0.39 is 0 Å². The second-order valence-corrected chi connectivity index (χ2v) is 4.71. The highest BCUT2D eigenvalue weighted by atomic mass is 15.1. The van der Waals surface area contributed by atoms with Gasteiger partial charge in [-0.25, -0.2) is 0 Å². The molecule has 0 saturated heterocycles. The van der Waals surface area contributed by atoms with Gasteiger partial charge in [-0.2, -0.15) is 0 Å². The molecule has 3 heterocycles. The molecule has 0 radical (unpaired) electrons. The zero-order valence-corrected chi connectivity index (χ0v) is 10.9. The maximum absolute atomic E-state index is 3.30. The first-order valence-corrected chi connectivity index (χ1v) is 6.73. The summed E-state index contributed by atoms with van der Waals surface area (Å²) in [7, 11) is 0. The van der Waals surface area contributed by atoms with Crippen molar-refractivity contribution in [3.05, 3.63) is 78.2 Å². The number of benzene rings is 1. The monoisotopic (exact) mass is 250 g/mol. The minimum Gasteiger partial charge on any atom is -0.384 e. The maximum Gasteiger partial charge on any atom is 0.0409 e. The van der Waals surface area contributed by atoms with Crippen LogP contribution in [-0.2, 0) is 6.42 Å². The van der Waals surface area contributed by atoms with Crippen molar-refractivity contribution in [1.82, 2.24) is 4.90 Å². The lowest BCUT2D eigenvalue weighted by Crippen LogP contribution is -2.18. The molecule has 4 rings (SSSR count). The first-order chi connectivity index (χ1) is 9.43. The van der Waals surface area contributed by atoms with E-state index in [0.717, 1.165) is 13.1 Å². The Hall–Kier alpha value is -2.22. The van der Waals surface area contributed by atoms with Crippen molar-refractivity contribution < 1.29 is 0 Å². The van der Waals surface area contributed by atoms with Crippen LogP contribution in [0.2, 0.25) is 0 Å². The zero-order chi connectivity index (χ0) is 12.9. The molecule has 2 heteroatoms. The van der Waals surface area contributed by atoms with Crippen molar-refractivity contribution >= 4 is 5.69 Å². The molecule has 1 N–H and O–H groups in total. The Morgan fingerprint density at radius 2 is 2.00 bits per heavy atom. The molecule has 1 aromatic rings. The highest BCUT2D eigenvalue weighted by molar-refractivity contribution is 5.54. The van der Waals surface area contributed by atoms with Crippen LogP contribution in [-0.4, -0.2) is 18.0 Å². The molecule has 0 fully saturated rings. The Kier molecular flexibility index (Phi) is 3.50. The molecule has 0 spiro atoms. The van der Waals surface area contributed by atoms with E-state index in [-0.39, 0.29) is 0 Å². The fraction of sp³-hybridized carbons (Fsp3) is 0.176. The average Bonchev–Trinajstić information content (AvgIpc) is 2.96. The van der Waals surface area contributed by atoms with Gasteiger partial charge in [-0.1, -0.05) is 36.4 Å². The van der Waals surface area contributed by atoms with Crippen molar-refractivity contribution in [2.24, 2.45) is 0 Å². The van der Waals surface area contributed by atoms with E-state index in [1.807, 2.05) is 0 Å². The Balaban J connectivity index is 0.000000117. The highest BCUT2D eigenvalue weighted by Crippen LogP contribution is 2.20. The van der Waals surface area contributed by atoms with Crippen LogP contribution in [0.5, 0.6) is 0 Å². The van der Waals surface area contributed by atoms with Crippen molar-refractivity contribution in [1.29, 1.82) is 0 Å². The van der Waals surface area contributed by atoms with Crippen LogP contribution in [0.4, 0.5) is 5.69 Å². The minimum atomic E-state index is 1.01. The molecule has 0 bridgehead atoms. The molecule has 2 nitrogen and oxygen atoms in total. The Morgan fingerprint density at radius 3 is 2.89 bits per heavy atom. The Labute approximate surface area is 114 Å². The van der Waals surface area contributed by atoms with Crippen LogP contribution in [0.25, 0.3) is 0 Å².